The number of carbonyl (C=O) groups is 2. The van der Waals surface area contributed by atoms with E-state index >= 15 is 0 Å². The Bertz CT molecular complexity index is 464. The lowest BCUT2D eigenvalue weighted by atomic mass is 10.2. The second-order valence-electron chi connectivity index (χ2n) is 3.44. The summed E-state index contributed by atoms with van der Waals surface area (Å²) in [6.07, 6.45) is 0.0799. The standard InChI is InChI=1S/C10H8BrFN2O2/c11-6-2-1-5(3-7(6)12)13-8-4-9(15)14-10(8)16/h1-3,8,13H,4H2,(H,14,15,16). The van der Waals surface area contributed by atoms with E-state index in [2.05, 4.69) is 26.6 Å². The molecule has 2 amide bonds. The van der Waals surface area contributed by atoms with Gasteiger partial charge >= 0.3 is 0 Å². The van der Waals surface area contributed by atoms with Crippen LogP contribution in [0.15, 0.2) is 22.7 Å². The van der Waals surface area contributed by atoms with Gasteiger partial charge in [-0.1, -0.05) is 0 Å². The maximum Gasteiger partial charge on any atom is 0.249 e. The van der Waals surface area contributed by atoms with Gasteiger partial charge in [-0.2, -0.15) is 0 Å². The number of hydrogen-bond donors (Lipinski definition) is 2. The van der Waals surface area contributed by atoms with E-state index < -0.39 is 11.9 Å². The van der Waals surface area contributed by atoms with Gasteiger partial charge in [-0.05, 0) is 34.1 Å². The normalized spacial score (nSPS) is 19.8. The number of benzene rings is 1. The molecule has 0 radical (unpaired) electrons. The number of hydrogen-bond acceptors (Lipinski definition) is 3. The predicted octanol–water partition coefficient (Wildman–Crippen LogP) is 1.42. The predicted molar refractivity (Wildman–Crippen MR) is 59.3 cm³/mol. The van der Waals surface area contributed by atoms with Crippen LogP contribution in [0.5, 0.6) is 0 Å². The molecule has 16 heavy (non-hydrogen) atoms. The van der Waals surface area contributed by atoms with Crippen LogP contribution in [0.25, 0.3) is 0 Å². The Morgan fingerprint density at radius 1 is 1.44 bits per heavy atom. The molecule has 1 heterocycles. The molecule has 0 spiro atoms. The molecule has 0 saturated carbocycles. The van der Waals surface area contributed by atoms with Gasteiger partial charge in [-0.15, -0.1) is 0 Å². The molecule has 1 aromatic carbocycles. The van der Waals surface area contributed by atoms with Crippen LogP contribution in [-0.2, 0) is 9.59 Å². The van der Waals surface area contributed by atoms with Crippen LogP contribution in [0.4, 0.5) is 10.1 Å². The lowest BCUT2D eigenvalue weighted by molar-refractivity contribution is -0.124. The van der Waals surface area contributed by atoms with Gasteiger partial charge in [-0.3, -0.25) is 14.9 Å². The van der Waals surface area contributed by atoms with Crippen molar-refractivity contribution in [2.75, 3.05) is 5.32 Å². The molecule has 0 bridgehead atoms. The van der Waals surface area contributed by atoms with E-state index in [-0.39, 0.29) is 18.2 Å². The minimum absolute atomic E-state index is 0.0799. The van der Waals surface area contributed by atoms with Crippen molar-refractivity contribution in [3.63, 3.8) is 0 Å². The summed E-state index contributed by atoms with van der Waals surface area (Å²) in [5.41, 5.74) is 0.468. The maximum absolute atomic E-state index is 13.2. The Morgan fingerprint density at radius 3 is 2.75 bits per heavy atom. The van der Waals surface area contributed by atoms with E-state index in [1.54, 1.807) is 6.07 Å². The van der Waals surface area contributed by atoms with Gasteiger partial charge < -0.3 is 5.32 Å². The van der Waals surface area contributed by atoms with E-state index in [9.17, 15) is 14.0 Å². The van der Waals surface area contributed by atoms with Crippen molar-refractivity contribution < 1.29 is 14.0 Å². The number of imide groups is 1. The fraction of sp³-hybridized carbons (Fsp3) is 0.200. The Hall–Kier alpha value is -1.43. The van der Waals surface area contributed by atoms with Crippen LogP contribution in [0.1, 0.15) is 6.42 Å². The molecule has 1 fully saturated rings. The monoisotopic (exact) mass is 286 g/mol. The van der Waals surface area contributed by atoms with E-state index in [0.717, 1.165) is 0 Å². The van der Waals surface area contributed by atoms with Gasteiger partial charge in [0.25, 0.3) is 0 Å². The summed E-state index contributed by atoms with van der Waals surface area (Å²) in [5, 5.41) is 4.97. The van der Waals surface area contributed by atoms with Gasteiger partial charge in [0.1, 0.15) is 11.9 Å². The molecule has 84 valence electrons. The smallest absolute Gasteiger partial charge is 0.249 e. The summed E-state index contributed by atoms with van der Waals surface area (Å²) in [5.74, 6) is -1.12. The quantitative estimate of drug-likeness (QED) is 0.809. The van der Waals surface area contributed by atoms with Crippen molar-refractivity contribution in [3.8, 4) is 0 Å². The third kappa shape index (κ3) is 2.21. The Morgan fingerprint density at radius 2 is 2.19 bits per heavy atom. The molecule has 2 N–H and O–H groups in total. The van der Waals surface area contributed by atoms with E-state index in [0.29, 0.717) is 10.2 Å². The highest BCUT2D eigenvalue weighted by Gasteiger charge is 2.30. The minimum Gasteiger partial charge on any atom is -0.373 e. The first-order valence-electron chi connectivity index (χ1n) is 4.61. The van der Waals surface area contributed by atoms with Crippen molar-refractivity contribution in [1.29, 1.82) is 0 Å². The number of rotatable bonds is 2. The Kier molecular flexibility index (Phi) is 2.91. The van der Waals surface area contributed by atoms with Gasteiger partial charge in [0.15, 0.2) is 0 Å². The topological polar surface area (TPSA) is 58.2 Å². The highest BCUT2D eigenvalue weighted by molar-refractivity contribution is 9.10. The molecule has 1 aliphatic rings. The van der Waals surface area contributed by atoms with Gasteiger partial charge in [-0.25, -0.2) is 4.39 Å². The molecule has 4 nitrogen and oxygen atoms in total. The van der Waals surface area contributed by atoms with Crippen molar-refractivity contribution in [3.05, 3.63) is 28.5 Å². The zero-order chi connectivity index (χ0) is 11.7. The third-order valence-electron chi connectivity index (χ3n) is 2.23. The highest BCUT2D eigenvalue weighted by atomic mass is 79.9. The summed E-state index contributed by atoms with van der Waals surface area (Å²) >= 11 is 3.03. The second kappa shape index (κ2) is 4.21. The van der Waals surface area contributed by atoms with Gasteiger partial charge in [0.2, 0.25) is 11.8 Å². The number of carbonyl (C=O) groups excluding carboxylic acids is 2. The summed E-state index contributed by atoms with van der Waals surface area (Å²) in [6, 6.07) is 3.81. The summed E-state index contributed by atoms with van der Waals surface area (Å²) in [7, 11) is 0. The number of nitrogens with one attached hydrogen (secondary N) is 2. The molecular formula is C10H8BrFN2O2. The third-order valence-corrected chi connectivity index (χ3v) is 2.87. The van der Waals surface area contributed by atoms with Crippen molar-refractivity contribution in [1.82, 2.24) is 5.32 Å². The summed E-state index contributed by atoms with van der Waals surface area (Å²) < 4.78 is 13.5. The van der Waals surface area contributed by atoms with E-state index in [1.807, 2.05) is 0 Å². The molecule has 1 aliphatic heterocycles. The first-order chi connectivity index (χ1) is 7.56. The molecular weight excluding hydrogens is 279 g/mol. The Labute approximate surface area is 99.3 Å². The number of anilines is 1. The van der Waals surface area contributed by atoms with Crippen molar-refractivity contribution >= 4 is 33.4 Å². The fourth-order valence-electron chi connectivity index (χ4n) is 1.46. The molecule has 1 unspecified atom stereocenters. The molecule has 1 aromatic rings. The van der Waals surface area contributed by atoms with E-state index in [4.69, 9.17) is 0 Å². The van der Waals surface area contributed by atoms with E-state index in [1.165, 1.54) is 12.1 Å². The Balaban J connectivity index is 2.12. The maximum atomic E-state index is 13.2. The first-order valence-corrected chi connectivity index (χ1v) is 5.41. The van der Waals surface area contributed by atoms with Gasteiger partial charge in [0.05, 0.1) is 10.9 Å². The minimum atomic E-state index is -0.618. The summed E-state index contributed by atoms with van der Waals surface area (Å²) in [6.45, 7) is 0. The van der Waals surface area contributed by atoms with Crippen LogP contribution in [0.2, 0.25) is 0 Å². The van der Waals surface area contributed by atoms with Gasteiger partial charge in [0, 0.05) is 5.69 Å². The van der Waals surface area contributed by atoms with Crippen LogP contribution in [-0.4, -0.2) is 17.9 Å². The average molecular weight is 287 g/mol. The van der Waals surface area contributed by atoms with Crippen LogP contribution in [0, 0.1) is 5.82 Å². The summed E-state index contributed by atoms with van der Waals surface area (Å²) in [4.78, 5) is 22.2. The lowest BCUT2D eigenvalue weighted by Gasteiger charge is -2.10. The zero-order valence-corrected chi connectivity index (χ0v) is 9.67. The van der Waals surface area contributed by atoms with Crippen LogP contribution < -0.4 is 10.6 Å². The number of halogens is 2. The van der Waals surface area contributed by atoms with Crippen molar-refractivity contribution in [2.24, 2.45) is 0 Å². The molecule has 2 rings (SSSR count). The molecule has 1 atom stereocenters. The second-order valence-corrected chi connectivity index (χ2v) is 4.30. The molecule has 1 saturated heterocycles. The molecule has 0 aromatic heterocycles. The highest BCUT2D eigenvalue weighted by Crippen LogP contribution is 2.20. The lowest BCUT2D eigenvalue weighted by Crippen LogP contribution is -2.30. The fourth-order valence-corrected chi connectivity index (χ4v) is 1.70. The van der Waals surface area contributed by atoms with Crippen LogP contribution in [0.3, 0.4) is 0 Å². The van der Waals surface area contributed by atoms with Crippen molar-refractivity contribution in [2.45, 2.75) is 12.5 Å². The largest absolute Gasteiger partial charge is 0.373 e. The number of amides is 2. The first kappa shape index (κ1) is 11.1. The average Bonchev–Trinajstić information content (AvgIpc) is 2.51. The zero-order valence-electron chi connectivity index (χ0n) is 8.09. The van der Waals surface area contributed by atoms with Crippen LogP contribution >= 0.6 is 15.9 Å². The molecule has 6 heteroatoms. The SMILES string of the molecule is O=C1CC(Nc2ccc(Br)c(F)c2)C(=O)N1. The molecule has 0 aliphatic carbocycles.